The first-order chi connectivity index (χ1) is 15.5. The van der Waals surface area contributed by atoms with Gasteiger partial charge in [0, 0.05) is 16.1 Å². The molecular formula is C24H17ClN2O4S. The molecule has 1 unspecified atom stereocenters. The number of rotatable bonds is 5. The summed E-state index contributed by atoms with van der Waals surface area (Å²) < 4.78 is 5.50. The number of thiophene rings is 1. The molecule has 1 atom stereocenters. The number of halogens is 1. The monoisotopic (exact) mass is 464 g/mol. The first kappa shape index (κ1) is 21.6. The number of ether oxygens (including phenoxy) is 1. The fraction of sp³-hybridized carbons (Fsp3) is 0.125. The number of carbonyl (C=O) groups is 2. The minimum absolute atomic E-state index is 0.0217. The normalized spacial score (nSPS) is 17.4. The number of Topliss-reactive ketones (excluding diaryl/α,β-unsaturated/α-hetero) is 1. The van der Waals surface area contributed by atoms with Crippen LogP contribution in [0.15, 0.2) is 65.6 Å². The molecule has 0 saturated carbocycles. The lowest BCUT2D eigenvalue weighted by Crippen LogP contribution is -2.29. The van der Waals surface area contributed by atoms with Gasteiger partial charge in [-0.25, -0.2) is 0 Å². The third-order valence-electron chi connectivity index (χ3n) is 5.04. The van der Waals surface area contributed by atoms with Gasteiger partial charge in [-0.2, -0.15) is 5.26 Å². The molecule has 2 heterocycles. The van der Waals surface area contributed by atoms with Crippen molar-refractivity contribution in [2.45, 2.75) is 13.0 Å². The van der Waals surface area contributed by atoms with Crippen molar-refractivity contribution in [1.29, 1.82) is 5.26 Å². The van der Waals surface area contributed by atoms with Gasteiger partial charge in [-0.1, -0.05) is 17.7 Å². The number of anilines is 1. The van der Waals surface area contributed by atoms with E-state index < -0.39 is 17.7 Å². The van der Waals surface area contributed by atoms with Crippen LogP contribution in [0.25, 0.3) is 5.76 Å². The molecule has 0 radical (unpaired) electrons. The van der Waals surface area contributed by atoms with Gasteiger partial charge in [0.25, 0.3) is 11.7 Å². The second kappa shape index (κ2) is 8.87. The Hall–Kier alpha value is -3.60. The molecule has 1 aliphatic rings. The molecule has 6 nitrogen and oxygen atoms in total. The summed E-state index contributed by atoms with van der Waals surface area (Å²) in [5, 5.41) is 22.4. The first-order valence-electron chi connectivity index (χ1n) is 9.73. The molecule has 4 rings (SSSR count). The summed E-state index contributed by atoms with van der Waals surface area (Å²) in [6, 6.07) is 15.9. The van der Waals surface area contributed by atoms with Gasteiger partial charge in [0.05, 0.1) is 28.8 Å². The second-order valence-corrected chi connectivity index (χ2v) is 8.31. The molecule has 1 amide bonds. The number of aliphatic hydroxyl groups excluding tert-OH is 1. The molecule has 160 valence electrons. The zero-order valence-corrected chi connectivity index (χ0v) is 18.5. The number of benzene rings is 2. The standard InChI is InChI=1S/C24H17ClN2O4S/c1-2-31-18-12-15(7-10-17(18)25)22(28)20-21(19-4-3-11-32-19)27(24(30)23(20)29)16-8-5-14(13-26)6-9-16/h3-12,21,28H,2H2,1H3/b22-20-. The quantitative estimate of drug-likeness (QED) is 0.314. The van der Waals surface area contributed by atoms with Gasteiger partial charge in [0.2, 0.25) is 0 Å². The van der Waals surface area contributed by atoms with Gasteiger partial charge < -0.3 is 9.84 Å². The van der Waals surface area contributed by atoms with Crippen LogP contribution in [-0.2, 0) is 9.59 Å². The fourth-order valence-corrected chi connectivity index (χ4v) is 4.58. The molecule has 0 spiro atoms. The number of carbonyl (C=O) groups excluding carboxylic acids is 2. The lowest BCUT2D eigenvalue weighted by Gasteiger charge is -2.24. The Kier molecular flexibility index (Phi) is 5.99. The minimum atomic E-state index is -0.811. The predicted octanol–water partition coefficient (Wildman–Crippen LogP) is 5.30. The van der Waals surface area contributed by atoms with Crippen LogP contribution >= 0.6 is 22.9 Å². The van der Waals surface area contributed by atoms with Crippen LogP contribution in [0.5, 0.6) is 5.75 Å². The largest absolute Gasteiger partial charge is 0.507 e. The topological polar surface area (TPSA) is 90.6 Å². The highest BCUT2D eigenvalue weighted by atomic mass is 35.5. The van der Waals surface area contributed by atoms with Crippen LogP contribution < -0.4 is 9.64 Å². The van der Waals surface area contributed by atoms with Crippen molar-refractivity contribution in [3.05, 3.63) is 86.6 Å². The summed E-state index contributed by atoms with van der Waals surface area (Å²) in [7, 11) is 0. The van der Waals surface area contributed by atoms with Crippen LogP contribution in [-0.4, -0.2) is 23.4 Å². The van der Waals surface area contributed by atoms with Gasteiger partial charge in [-0.15, -0.1) is 11.3 Å². The van der Waals surface area contributed by atoms with Crippen LogP contribution in [0, 0.1) is 11.3 Å². The zero-order chi connectivity index (χ0) is 22.8. The van der Waals surface area contributed by atoms with Crippen molar-refractivity contribution in [3.8, 4) is 11.8 Å². The average molecular weight is 465 g/mol. The minimum Gasteiger partial charge on any atom is -0.507 e. The summed E-state index contributed by atoms with van der Waals surface area (Å²) in [4.78, 5) is 28.2. The molecule has 2 aromatic carbocycles. The smallest absolute Gasteiger partial charge is 0.300 e. The Morgan fingerprint density at radius 1 is 1.22 bits per heavy atom. The van der Waals surface area contributed by atoms with Gasteiger partial charge >= 0.3 is 0 Å². The van der Waals surface area contributed by atoms with Crippen molar-refractivity contribution in [2.75, 3.05) is 11.5 Å². The lowest BCUT2D eigenvalue weighted by molar-refractivity contribution is -0.132. The molecule has 3 aromatic rings. The summed E-state index contributed by atoms with van der Waals surface area (Å²) >= 11 is 7.53. The lowest BCUT2D eigenvalue weighted by atomic mass is 9.99. The summed E-state index contributed by atoms with van der Waals surface area (Å²) in [6.07, 6.45) is 0. The fourth-order valence-electron chi connectivity index (χ4n) is 3.58. The molecule has 8 heteroatoms. The number of aliphatic hydroxyl groups is 1. The molecule has 1 N–H and O–H groups in total. The highest BCUT2D eigenvalue weighted by molar-refractivity contribution is 7.10. The highest BCUT2D eigenvalue weighted by Gasteiger charge is 2.47. The summed E-state index contributed by atoms with van der Waals surface area (Å²) in [5.41, 5.74) is 1.18. The van der Waals surface area contributed by atoms with Crippen LogP contribution in [0.2, 0.25) is 5.02 Å². The van der Waals surface area contributed by atoms with Gasteiger partial charge in [-0.3, -0.25) is 14.5 Å². The zero-order valence-electron chi connectivity index (χ0n) is 16.9. The number of nitriles is 1. The van der Waals surface area contributed by atoms with Gasteiger partial charge in [-0.05, 0) is 60.8 Å². The van der Waals surface area contributed by atoms with E-state index in [1.54, 1.807) is 48.5 Å². The van der Waals surface area contributed by atoms with E-state index in [9.17, 15) is 14.7 Å². The molecule has 1 saturated heterocycles. The number of hydrogen-bond donors (Lipinski definition) is 1. The Morgan fingerprint density at radius 2 is 1.97 bits per heavy atom. The van der Waals surface area contributed by atoms with Crippen LogP contribution in [0.1, 0.15) is 29.0 Å². The molecular weight excluding hydrogens is 448 g/mol. The predicted molar refractivity (Wildman–Crippen MR) is 123 cm³/mol. The third-order valence-corrected chi connectivity index (χ3v) is 6.27. The van der Waals surface area contributed by atoms with Crippen molar-refractivity contribution in [1.82, 2.24) is 0 Å². The van der Waals surface area contributed by atoms with E-state index in [0.29, 0.717) is 39.1 Å². The van der Waals surface area contributed by atoms with Gasteiger partial charge in [0.15, 0.2) is 0 Å². The highest BCUT2D eigenvalue weighted by Crippen LogP contribution is 2.44. The number of nitrogens with zero attached hydrogens (tertiary/aromatic N) is 2. The van der Waals surface area contributed by atoms with Gasteiger partial charge in [0.1, 0.15) is 17.6 Å². The van der Waals surface area contributed by atoms with Crippen LogP contribution in [0.4, 0.5) is 5.69 Å². The number of amides is 1. The maximum absolute atomic E-state index is 13.1. The Bertz CT molecular complexity index is 1260. The number of hydrogen-bond acceptors (Lipinski definition) is 6. The van der Waals surface area contributed by atoms with E-state index in [1.807, 2.05) is 24.4 Å². The molecule has 0 aliphatic carbocycles. The second-order valence-electron chi connectivity index (χ2n) is 6.92. The Labute approximate surface area is 193 Å². The van der Waals surface area contributed by atoms with E-state index in [0.717, 1.165) is 0 Å². The van der Waals surface area contributed by atoms with E-state index in [4.69, 9.17) is 21.6 Å². The van der Waals surface area contributed by atoms with Crippen molar-refractivity contribution in [3.63, 3.8) is 0 Å². The van der Waals surface area contributed by atoms with Crippen molar-refractivity contribution in [2.24, 2.45) is 0 Å². The summed E-state index contributed by atoms with van der Waals surface area (Å²) in [5.74, 6) is -1.49. The van der Waals surface area contributed by atoms with E-state index in [-0.39, 0.29) is 11.3 Å². The van der Waals surface area contributed by atoms with E-state index in [1.165, 1.54) is 16.2 Å². The molecule has 1 aliphatic heterocycles. The maximum atomic E-state index is 13.1. The first-order valence-corrected chi connectivity index (χ1v) is 11.0. The van der Waals surface area contributed by atoms with Crippen molar-refractivity contribution >= 4 is 46.1 Å². The molecule has 0 bridgehead atoms. The average Bonchev–Trinajstić information content (AvgIpc) is 3.42. The van der Waals surface area contributed by atoms with E-state index in [2.05, 4.69) is 0 Å². The molecule has 32 heavy (non-hydrogen) atoms. The van der Waals surface area contributed by atoms with E-state index >= 15 is 0 Å². The molecule has 1 aromatic heterocycles. The SMILES string of the molecule is CCOc1cc(/C(O)=C2/C(=O)C(=O)N(c3ccc(C#N)cc3)C2c2cccs2)ccc1Cl. The third kappa shape index (κ3) is 3.75. The Morgan fingerprint density at radius 3 is 2.59 bits per heavy atom. The molecule has 1 fully saturated rings. The van der Waals surface area contributed by atoms with Crippen LogP contribution in [0.3, 0.4) is 0 Å². The summed E-state index contributed by atoms with van der Waals surface area (Å²) in [6.45, 7) is 2.19. The number of ketones is 1. The maximum Gasteiger partial charge on any atom is 0.300 e. The Balaban J connectivity index is 1.89. The van der Waals surface area contributed by atoms with Crippen molar-refractivity contribution < 1.29 is 19.4 Å².